The molecular weight excluding hydrogens is 357 g/mol. The van der Waals surface area contributed by atoms with E-state index in [1.54, 1.807) is 23.5 Å². The largest absolute Gasteiger partial charge is 0.240 e. The Hall–Kier alpha value is -2.58. The first-order chi connectivity index (χ1) is 12.3. The predicted molar refractivity (Wildman–Crippen MR) is 96.2 cm³/mol. The fourth-order valence-electron chi connectivity index (χ4n) is 2.26. The van der Waals surface area contributed by atoms with Crippen LogP contribution in [0.25, 0.3) is 16.3 Å². The highest BCUT2D eigenvalue weighted by Gasteiger charge is 2.11. The first-order valence-electron chi connectivity index (χ1n) is 7.46. The molecule has 4 rings (SSSR count). The molecule has 0 amide bonds. The first kappa shape index (κ1) is 15.9. The average Bonchev–Trinajstić information content (AvgIpc) is 3.30. The lowest BCUT2D eigenvalue weighted by molar-refractivity contribution is 0.623. The minimum absolute atomic E-state index is 0.323. The third-order valence-corrected chi connectivity index (χ3v) is 5.31. The molecule has 2 aromatic carbocycles. The number of thiazole rings is 1. The molecule has 2 heterocycles. The van der Waals surface area contributed by atoms with Crippen LogP contribution >= 0.6 is 23.1 Å². The Kier molecular flexibility index (Phi) is 4.53. The number of nitrogens with zero attached hydrogens (tertiary/aromatic N) is 5. The Labute approximate surface area is 151 Å². The third kappa shape index (κ3) is 3.59. The van der Waals surface area contributed by atoms with Gasteiger partial charge < -0.3 is 0 Å². The average molecular weight is 369 g/mol. The number of hydrogen-bond acceptors (Lipinski definition) is 6. The number of benzene rings is 2. The molecule has 0 saturated carbocycles. The minimum Gasteiger partial charge on any atom is -0.240 e. The van der Waals surface area contributed by atoms with Crippen LogP contribution in [0.2, 0.25) is 0 Å². The molecule has 124 valence electrons. The SMILES string of the molecule is Fc1cccc(-n2nnnc2SCc2csc(-c3ccccc3)n2)c1. The van der Waals surface area contributed by atoms with Crippen LogP contribution in [-0.2, 0) is 5.75 Å². The Morgan fingerprint density at radius 1 is 1.08 bits per heavy atom. The topological polar surface area (TPSA) is 56.5 Å². The molecule has 0 aliphatic carbocycles. The summed E-state index contributed by atoms with van der Waals surface area (Å²) in [5, 5.41) is 15.3. The predicted octanol–water partition coefficient (Wildman–Crippen LogP) is 4.22. The van der Waals surface area contributed by atoms with Crippen LogP contribution in [0.5, 0.6) is 0 Å². The van der Waals surface area contributed by atoms with Crippen molar-refractivity contribution >= 4 is 23.1 Å². The monoisotopic (exact) mass is 369 g/mol. The summed E-state index contributed by atoms with van der Waals surface area (Å²) in [5.41, 5.74) is 2.66. The standard InChI is InChI=1S/C17H12FN5S2/c18-13-7-4-8-15(9-13)23-17(20-21-22-23)25-11-14-10-24-16(19-14)12-5-2-1-3-6-12/h1-10H,11H2. The van der Waals surface area contributed by atoms with Crippen molar-refractivity contribution in [3.63, 3.8) is 0 Å². The van der Waals surface area contributed by atoms with E-state index < -0.39 is 0 Å². The van der Waals surface area contributed by atoms with Gasteiger partial charge in [0.25, 0.3) is 0 Å². The molecule has 0 radical (unpaired) electrons. The molecule has 0 aliphatic rings. The van der Waals surface area contributed by atoms with E-state index in [1.165, 1.54) is 28.6 Å². The van der Waals surface area contributed by atoms with Crippen molar-refractivity contribution in [2.24, 2.45) is 0 Å². The molecule has 5 nitrogen and oxygen atoms in total. The van der Waals surface area contributed by atoms with Gasteiger partial charge in [-0.3, -0.25) is 0 Å². The van der Waals surface area contributed by atoms with Gasteiger partial charge in [-0.15, -0.1) is 16.4 Å². The molecule has 0 saturated heterocycles. The highest BCUT2D eigenvalue weighted by atomic mass is 32.2. The van der Waals surface area contributed by atoms with Crippen molar-refractivity contribution in [1.82, 2.24) is 25.2 Å². The zero-order valence-electron chi connectivity index (χ0n) is 12.9. The summed E-state index contributed by atoms with van der Waals surface area (Å²) in [6, 6.07) is 16.3. The fraction of sp³-hybridized carbons (Fsp3) is 0.0588. The van der Waals surface area contributed by atoms with Gasteiger partial charge >= 0.3 is 0 Å². The maximum Gasteiger partial charge on any atom is 0.214 e. The Balaban J connectivity index is 1.50. The van der Waals surface area contributed by atoms with E-state index in [1.807, 2.05) is 35.7 Å². The lowest BCUT2D eigenvalue weighted by Gasteiger charge is -2.03. The first-order valence-corrected chi connectivity index (χ1v) is 9.33. The molecular formula is C17H12FN5S2. The van der Waals surface area contributed by atoms with E-state index in [2.05, 4.69) is 20.5 Å². The van der Waals surface area contributed by atoms with Crippen LogP contribution in [0, 0.1) is 5.82 Å². The van der Waals surface area contributed by atoms with Crippen molar-refractivity contribution in [3.05, 3.63) is 71.5 Å². The smallest absolute Gasteiger partial charge is 0.214 e. The minimum atomic E-state index is -0.323. The molecule has 4 aromatic rings. The maximum absolute atomic E-state index is 13.4. The van der Waals surface area contributed by atoms with E-state index in [4.69, 9.17) is 0 Å². The van der Waals surface area contributed by atoms with Crippen molar-refractivity contribution in [1.29, 1.82) is 0 Å². The van der Waals surface area contributed by atoms with Gasteiger partial charge in [-0.1, -0.05) is 48.2 Å². The summed E-state index contributed by atoms with van der Waals surface area (Å²) < 4.78 is 14.9. The van der Waals surface area contributed by atoms with Gasteiger partial charge in [0.1, 0.15) is 10.8 Å². The second kappa shape index (κ2) is 7.12. The van der Waals surface area contributed by atoms with Crippen LogP contribution in [0.3, 0.4) is 0 Å². The van der Waals surface area contributed by atoms with Crippen LogP contribution in [0.4, 0.5) is 4.39 Å². The Bertz CT molecular complexity index is 983. The van der Waals surface area contributed by atoms with Gasteiger partial charge in [0.05, 0.1) is 11.4 Å². The number of halogens is 1. The molecule has 0 atom stereocenters. The summed E-state index contributed by atoms with van der Waals surface area (Å²) in [6.07, 6.45) is 0. The molecule has 0 bridgehead atoms. The number of tetrazole rings is 1. The Morgan fingerprint density at radius 3 is 2.80 bits per heavy atom. The van der Waals surface area contributed by atoms with Crippen molar-refractivity contribution < 1.29 is 4.39 Å². The maximum atomic E-state index is 13.4. The lowest BCUT2D eigenvalue weighted by Crippen LogP contribution is -1.99. The zero-order chi connectivity index (χ0) is 17.1. The zero-order valence-corrected chi connectivity index (χ0v) is 14.5. The fourth-order valence-corrected chi connectivity index (χ4v) is 3.98. The highest BCUT2D eigenvalue weighted by Crippen LogP contribution is 2.27. The van der Waals surface area contributed by atoms with E-state index in [-0.39, 0.29) is 5.82 Å². The van der Waals surface area contributed by atoms with Crippen molar-refractivity contribution in [2.75, 3.05) is 0 Å². The summed E-state index contributed by atoms with van der Waals surface area (Å²) in [7, 11) is 0. The molecule has 0 unspecified atom stereocenters. The number of rotatable bonds is 5. The third-order valence-electron chi connectivity index (χ3n) is 3.42. The van der Waals surface area contributed by atoms with Gasteiger partial charge in [-0.25, -0.2) is 9.37 Å². The molecule has 0 spiro atoms. The molecule has 2 aromatic heterocycles. The van der Waals surface area contributed by atoms with Crippen LogP contribution in [0.15, 0.2) is 65.1 Å². The van der Waals surface area contributed by atoms with E-state index in [9.17, 15) is 4.39 Å². The molecule has 25 heavy (non-hydrogen) atoms. The summed E-state index contributed by atoms with van der Waals surface area (Å²) >= 11 is 3.07. The van der Waals surface area contributed by atoms with Gasteiger partial charge in [0.15, 0.2) is 0 Å². The van der Waals surface area contributed by atoms with Crippen molar-refractivity contribution in [2.45, 2.75) is 10.9 Å². The Morgan fingerprint density at radius 2 is 1.96 bits per heavy atom. The summed E-state index contributed by atoms with van der Waals surface area (Å²) in [5.74, 6) is 0.315. The van der Waals surface area contributed by atoms with Crippen molar-refractivity contribution in [3.8, 4) is 16.3 Å². The highest BCUT2D eigenvalue weighted by molar-refractivity contribution is 7.98. The quantitative estimate of drug-likeness (QED) is 0.493. The molecule has 8 heteroatoms. The van der Waals surface area contributed by atoms with Gasteiger partial charge in [-0.05, 0) is 28.6 Å². The summed E-state index contributed by atoms with van der Waals surface area (Å²) in [6.45, 7) is 0. The number of thioether (sulfide) groups is 1. The van der Waals surface area contributed by atoms with Crippen LogP contribution < -0.4 is 0 Å². The normalized spacial score (nSPS) is 10.9. The van der Waals surface area contributed by atoms with Gasteiger partial charge in [0.2, 0.25) is 5.16 Å². The molecule has 0 fully saturated rings. The second-order valence-electron chi connectivity index (χ2n) is 5.15. The molecule has 0 aliphatic heterocycles. The second-order valence-corrected chi connectivity index (χ2v) is 6.95. The van der Waals surface area contributed by atoms with E-state index in [0.717, 1.165) is 16.3 Å². The van der Waals surface area contributed by atoms with Crippen LogP contribution in [-0.4, -0.2) is 25.2 Å². The lowest BCUT2D eigenvalue weighted by atomic mass is 10.2. The van der Waals surface area contributed by atoms with Crippen LogP contribution in [0.1, 0.15) is 5.69 Å². The van der Waals surface area contributed by atoms with E-state index >= 15 is 0 Å². The molecule has 0 N–H and O–H groups in total. The summed E-state index contributed by atoms with van der Waals surface area (Å²) in [4.78, 5) is 4.66. The number of hydrogen-bond donors (Lipinski definition) is 0. The number of aromatic nitrogens is 5. The van der Waals surface area contributed by atoms with E-state index in [0.29, 0.717) is 16.6 Å². The van der Waals surface area contributed by atoms with Gasteiger partial charge in [-0.2, -0.15) is 4.68 Å². The van der Waals surface area contributed by atoms with Gasteiger partial charge in [0, 0.05) is 16.7 Å².